The molecule has 0 aliphatic carbocycles. The van der Waals surface area contributed by atoms with Crippen LogP contribution in [0, 0.1) is 0 Å². The van der Waals surface area contributed by atoms with E-state index >= 15 is 0 Å². The molecule has 0 spiro atoms. The standard InChI is InChI=1S/C26H46/c1-4-7-10-11-12-13-14-15-19-24-26(22-8-5-2,23-9-6-3)25-20-17-16-18-21-25/h16-18,20-21H,4-15,19,22-24H2,1-3H3. The molecule has 0 amide bonds. The fraction of sp³-hybridized carbons (Fsp3) is 0.769. The molecule has 0 radical (unpaired) electrons. The first-order valence-corrected chi connectivity index (χ1v) is 11.8. The van der Waals surface area contributed by atoms with E-state index in [2.05, 4.69) is 51.1 Å². The fourth-order valence-corrected chi connectivity index (χ4v) is 4.40. The number of unbranched alkanes of at least 4 members (excludes halogenated alkanes) is 10. The summed E-state index contributed by atoms with van der Waals surface area (Å²) >= 11 is 0. The lowest BCUT2D eigenvalue weighted by molar-refractivity contribution is 0.305. The van der Waals surface area contributed by atoms with Gasteiger partial charge in [-0.2, -0.15) is 0 Å². The average molecular weight is 359 g/mol. The van der Waals surface area contributed by atoms with E-state index in [-0.39, 0.29) is 0 Å². The van der Waals surface area contributed by atoms with Gasteiger partial charge in [0.25, 0.3) is 0 Å². The van der Waals surface area contributed by atoms with Crippen LogP contribution in [-0.2, 0) is 5.41 Å². The highest BCUT2D eigenvalue weighted by atomic mass is 14.3. The minimum Gasteiger partial charge on any atom is -0.0654 e. The number of hydrogen-bond acceptors (Lipinski definition) is 0. The topological polar surface area (TPSA) is 0 Å². The van der Waals surface area contributed by atoms with Crippen LogP contribution >= 0.6 is 0 Å². The first kappa shape index (κ1) is 23.3. The Morgan fingerprint density at radius 1 is 0.500 bits per heavy atom. The number of benzene rings is 1. The summed E-state index contributed by atoms with van der Waals surface area (Å²) in [6.07, 6.45) is 22.4. The van der Waals surface area contributed by atoms with Gasteiger partial charge in [-0.15, -0.1) is 0 Å². The van der Waals surface area contributed by atoms with E-state index in [1.807, 2.05) is 0 Å². The highest BCUT2D eigenvalue weighted by Crippen LogP contribution is 2.40. The molecule has 0 heterocycles. The molecule has 0 heteroatoms. The summed E-state index contributed by atoms with van der Waals surface area (Å²) in [6.45, 7) is 6.98. The molecule has 0 aromatic heterocycles. The van der Waals surface area contributed by atoms with E-state index in [9.17, 15) is 0 Å². The largest absolute Gasteiger partial charge is 0.0654 e. The highest BCUT2D eigenvalue weighted by molar-refractivity contribution is 5.25. The van der Waals surface area contributed by atoms with Crippen LogP contribution in [0.15, 0.2) is 30.3 Å². The van der Waals surface area contributed by atoms with Crippen molar-refractivity contribution in [1.82, 2.24) is 0 Å². The van der Waals surface area contributed by atoms with Crippen molar-refractivity contribution < 1.29 is 0 Å². The third-order valence-electron chi connectivity index (χ3n) is 6.16. The molecule has 0 N–H and O–H groups in total. The van der Waals surface area contributed by atoms with Crippen LogP contribution in [0.1, 0.15) is 129 Å². The Balaban J connectivity index is 2.50. The molecule has 0 saturated heterocycles. The van der Waals surface area contributed by atoms with E-state index < -0.39 is 0 Å². The molecule has 0 aliphatic heterocycles. The Morgan fingerprint density at radius 3 is 1.42 bits per heavy atom. The summed E-state index contributed by atoms with van der Waals surface area (Å²) in [5, 5.41) is 0. The summed E-state index contributed by atoms with van der Waals surface area (Å²) in [5.74, 6) is 0. The van der Waals surface area contributed by atoms with Crippen LogP contribution in [0.25, 0.3) is 0 Å². The van der Waals surface area contributed by atoms with E-state index in [1.54, 1.807) is 5.56 Å². The van der Waals surface area contributed by atoms with Gasteiger partial charge in [-0.05, 0) is 30.2 Å². The average Bonchev–Trinajstić information content (AvgIpc) is 2.69. The van der Waals surface area contributed by atoms with Gasteiger partial charge in [0.2, 0.25) is 0 Å². The first-order chi connectivity index (χ1) is 12.8. The Bertz CT molecular complexity index is 397. The van der Waals surface area contributed by atoms with Crippen LogP contribution in [0.3, 0.4) is 0 Å². The predicted molar refractivity (Wildman–Crippen MR) is 119 cm³/mol. The van der Waals surface area contributed by atoms with Crippen molar-refractivity contribution in [2.75, 3.05) is 0 Å². The van der Waals surface area contributed by atoms with Gasteiger partial charge >= 0.3 is 0 Å². The third kappa shape index (κ3) is 9.24. The molecule has 26 heavy (non-hydrogen) atoms. The van der Waals surface area contributed by atoms with Gasteiger partial charge in [-0.1, -0.05) is 135 Å². The molecule has 0 unspecified atom stereocenters. The van der Waals surface area contributed by atoms with Crippen LogP contribution < -0.4 is 0 Å². The fourth-order valence-electron chi connectivity index (χ4n) is 4.40. The summed E-state index contributed by atoms with van der Waals surface area (Å²) in [4.78, 5) is 0. The number of hydrogen-bond donors (Lipinski definition) is 0. The molecule has 0 fully saturated rings. The van der Waals surface area contributed by atoms with Crippen molar-refractivity contribution in [3.63, 3.8) is 0 Å². The van der Waals surface area contributed by atoms with E-state index in [1.165, 1.54) is 103 Å². The lowest BCUT2D eigenvalue weighted by Gasteiger charge is -2.35. The second kappa shape index (κ2) is 15.3. The maximum Gasteiger partial charge on any atom is -0.00470 e. The van der Waals surface area contributed by atoms with Crippen molar-refractivity contribution in [3.05, 3.63) is 35.9 Å². The zero-order valence-corrected chi connectivity index (χ0v) is 18.2. The normalized spacial score (nSPS) is 11.8. The van der Waals surface area contributed by atoms with Crippen LogP contribution in [-0.4, -0.2) is 0 Å². The molecule has 150 valence electrons. The van der Waals surface area contributed by atoms with Crippen LogP contribution in [0.5, 0.6) is 0 Å². The van der Waals surface area contributed by atoms with Crippen molar-refractivity contribution in [3.8, 4) is 0 Å². The zero-order chi connectivity index (χ0) is 18.9. The minimum atomic E-state index is 0.439. The SMILES string of the molecule is CCCCCCCCCCCC(CCCC)(CCCC)c1ccccc1. The molecular formula is C26H46. The van der Waals surface area contributed by atoms with Crippen molar-refractivity contribution in [1.29, 1.82) is 0 Å². The molecule has 0 atom stereocenters. The van der Waals surface area contributed by atoms with Gasteiger partial charge in [0.05, 0.1) is 0 Å². The van der Waals surface area contributed by atoms with E-state index in [0.29, 0.717) is 5.41 Å². The Hall–Kier alpha value is -0.780. The second-order valence-electron chi connectivity index (χ2n) is 8.43. The summed E-state index contributed by atoms with van der Waals surface area (Å²) < 4.78 is 0. The van der Waals surface area contributed by atoms with Crippen LogP contribution in [0.4, 0.5) is 0 Å². The predicted octanol–water partition coefficient (Wildman–Crippen LogP) is 9.23. The van der Waals surface area contributed by atoms with Gasteiger partial charge in [0, 0.05) is 0 Å². The molecule has 1 aromatic rings. The molecular weight excluding hydrogens is 312 g/mol. The van der Waals surface area contributed by atoms with Gasteiger partial charge < -0.3 is 0 Å². The van der Waals surface area contributed by atoms with Crippen molar-refractivity contribution in [2.24, 2.45) is 0 Å². The summed E-state index contributed by atoms with van der Waals surface area (Å²) in [6, 6.07) is 11.5. The lowest BCUT2D eigenvalue weighted by Crippen LogP contribution is -2.26. The smallest absolute Gasteiger partial charge is 0.00470 e. The monoisotopic (exact) mass is 358 g/mol. The molecule has 0 aliphatic rings. The van der Waals surface area contributed by atoms with Crippen LogP contribution in [0.2, 0.25) is 0 Å². The second-order valence-corrected chi connectivity index (χ2v) is 8.43. The van der Waals surface area contributed by atoms with Gasteiger partial charge in [-0.25, -0.2) is 0 Å². The highest BCUT2D eigenvalue weighted by Gasteiger charge is 2.30. The molecule has 0 bridgehead atoms. The maximum atomic E-state index is 2.40. The molecule has 0 saturated carbocycles. The van der Waals surface area contributed by atoms with Gasteiger partial charge in [0.1, 0.15) is 0 Å². The Kier molecular flexibility index (Phi) is 13.7. The third-order valence-corrected chi connectivity index (χ3v) is 6.16. The van der Waals surface area contributed by atoms with Gasteiger partial charge in [-0.3, -0.25) is 0 Å². The number of rotatable bonds is 17. The molecule has 0 nitrogen and oxygen atoms in total. The quantitative estimate of drug-likeness (QED) is 0.243. The maximum absolute atomic E-state index is 2.40. The van der Waals surface area contributed by atoms with E-state index in [4.69, 9.17) is 0 Å². The van der Waals surface area contributed by atoms with Crippen molar-refractivity contribution >= 4 is 0 Å². The Morgan fingerprint density at radius 2 is 0.923 bits per heavy atom. The van der Waals surface area contributed by atoms with Gasteiger partial charge in [0.15, 0.2) is 0 Å². The molecule has 1 rings (SSSR count). The Labute approximate surface area is 165 Å². The minimum absolute atomic E-state index is 0.439. The first-order valence-electron chi connectivity index (χ1n) is 11.8. The van der Waals surface area contributed by atoms with Crippen molar-refractivity contribution in [2.45, 2.75) is 129 Å². The lowest BCUT2D eigenvalue weighted by atomic mass is 9.69. The zero-order valence-electron chi connectivity index (χ0n) is 18.2. The molecule has 1 aromatic carbocycles. The summed E-state index contributed by atoms with van der Waals surface area (Å²) in [7, 11) is 0. The van der Waals surface area contributed by atoms with E-state index in [0.717, 1.165) is 0 Å². The summed E-state index contributed by atoms with van der Waals surface area (Å²) in [5.41, 5.74) is 2.05.